The van der Waals surface area contributed by atoms with E-state index in [4.69, 9.17) is 4.74 Å². The molecule has 31 heavy (non-hydrogen) atoms. The standard InChI is InChI=1S/C23H34N2O5S/c1-17-9-6-7-14-21(17)24-22(26)16-30-23(27)18-10-8-13-20(15-18)31(28,29)25(2)19-11-4-3-5-12-19/h8,10,13,15,17,19,21H,3-7,9,11-12,14,16H2,1-2H3,(H,24,26)/t17-,21-/m0/s1. The van der Waals surface area contributed by atoms with Gasteiger partial charge in [0.25, 0.3) is 5.91 Å². The Balaban J connectivity index is 1.59. The number of carbonyl (C=O) groups excluding carboxylic acids is 2. The average Bonchev–Trinajstić information content (AvgIpc) is 2.79. The molecule has 1 amide bonds. The summed E-state index contributed by atoms with van der Waals surface area (Å²) in [6.07, 6.45) is 9.19. The molecule has 172 valence electrons. The smallest absolute Gasteiger partial charge is 0.338 e. The summed E-state index contributed by atoms with van der Waals surface area (Å²) < 4.78 is 32.6. The number of benzene rings is 1. The predicted molar refractivity (Wildman–Crippen MR) is 118 cm³/mol. The number of esters is 1. The van der Waals surface area contributed by atoms with Crippen LogP contribution in [0.4, 0.5) is 0 Å². The van der Waals surface area contributed by atoms with Gasteiger partial charge in [0.2, 0.25) is 10.0 Å². The Bertz CT molecular complexity index is 880. The van der Waals surface area contributed by atoms with Crippen molar-refractivity contribution in [3.05, 3.63) is 29.8 Å². The van der Waals surface area contributed by atoms with E-state index in [2.05, 4.69) is 12.2 Å². The van der Waals surface area contributed by atoms with E-state index in [1.807, 2.05) is 0 Å². The Morgan fingerprint density at radius 3 is 2.45 bits per heavy atom. The lowest BCUT2D eigenvalue weighted by Gasteiger charge is -2.30. The molecule has 1 N–H and O–H groups in total. The van der Waals surface area contributed by atoms with E-state index in [0.29, 0.717) is 5.92 Å². The summed E-state index contributed by atoms with van der Waals surface area (Å²) in [5.74, 6) is -0.617. The zero-order valence-electron chi connectivity index (χ0n) is 18.5. The summed E-state index contributed by atoms with van der Waals surface area (Å²) in [7, 11) is -2.10. The average molecular weight is 451 g/mol. The van der Waals surface area contributed by atoms with Crippen LogP contribution in [-0.2, 0) is 19.6 Å². The first-order chi connectivity index (χ1) is 14.8. The topological polar surface area (TPSA) is 92.8 Å². The maximum absolute atomic E-state index is 13.0. The van der Waals surface area contributed by atoms with Gasteiger partial charge in [0, 0.05) is 19.1 Å². The highest BCUT2D eigenvalue weighted by atomic mass is 32.2. The van der Waals surface area contributed by atoms with Gasteiger partial charge >= 0.3 is 5.97 Å². The number of carbonyl (C=O) groups is 2. The van der Waals surface area contributed by atoms with Gasteiger partial charge in [0.15, 0.2) is 6.61 Å². The van der Waals surface area contributed by atoms with Gasteiger partial charge in [-0.05, 0) is 49.8 Å². The van der Waals surface area contributed by atoms with Crippen molar-refractivity contribution in [3.63, 3.8) is 0 Å². The third-order valence-electron chi connectivity index (χ3n) is 6.63. The third-order valence-corrected chi connectivity index (χ3v) is 8.53. The molecule has 0 heterocycles. The van der Waals surface area contributed by atoms with E-state index in [1.54, 1.807) is 7.05 Å². The van der Waals surface area contributed by atoms with Crippen LogP contribution in [0.5, 0.6) is 0 Å². The second kappa shape index (κ2) is 10.6. The number of nitrogens with zero attached hydrogens (tertiary/aromatic N) is 1. The van der Waals surface area contributed by atoms with Gasteiger partial charge in [0.05, 0.1) is 10.5 Å². The molecule has 3 rings (SSSR count). The fourth-order valence-corrected chi connectivity index (χ4v) is 6.05. The largest absolute Gasteiger partial charge is 0.452 e. The van der Waals surface area contributed by atoms with E-state index < -0.39 is 16.0 Å². The quantitative estimate of drug-likeness (QED) is 0.642. The molecule has 8 heteroatoms. The predicted octanol–water partition coefficient (Wildman–Crippen LogP) is 3.49. The zero-order chi connectivity index (χ0) is 22.4. The molecule has 2 saturated carbocycles. The van der Waals surface area contributed by atoms with Gasteiger partial charge in [-0.15, -0.1) is 0 Å². The van der Waals surface area contributed by atoms with Crippen molar-refractivity contribution in [3.8, 4) is 0 Å². The maximum atomic E-state index is 13.0. The normalized spacial score (nSPS) is 22.8. The van der Waals surface area contributed by atoms with Crippen molar-refractivity contribution in [1.29, 1.82) is 0 Å². The lowest BCUT2D eigenvalue weighted by Crippen LogP contribution is -2.42. The number of nitrogens with one attached hydrogen (secondary N) is 1. The summed E-state index contributed by atoms with van der Waals surface area (Å²) in [5, 5.41) is 2.94. The van der Waals surface area contributed by atoms with Crippen molar-refractivity contribution >= 4 is 21.9 Å². The van der Waals surface area contributed by atoms with Crippen LogP contribution in [0.1, 0.15) is 75.1 Å². The van der Waals surface area contributed by atoms with E-state index in [1.165, 1.54) is 35.0 Å². The Hall–Kier alpha value is -1.93. The summed E-state index contributed by atoms with van der Waals surface area (Å²) in [6, 6.07) is 5.95. The summed E-state index contributed by atoms with van der Waals surface area (Å²) in [5.41, 5.74) is 0.122. The molecule has 0 spiro atoms. The lowest BCUT2D eigenvalue weighted by molar-refractivity contribution is -0.125. The Morgan fingerprint density at radius 2 is 1.74 bits per heavy atom. The third kappa shape index (κ3) is 6.07. The molecule has 0 aliphatic heterocycles. The monoisotopic (exact) mass is 450 g/mol. The highest BCUT2D eigenvalue weighted by molar-refractivity contribution is 7.89. The minimum atomic E-state index is -3.70. The molecule has 2 fully saturated rings. The van der Waals surface area contributed by atoms with Crippen LogP contribution in [0.15, 0.2) is 29.2 Å². The minimum Gasteiger partial charge on any atom is -0.452 e. The number of hydrogen-bond donors (Lipinski definition) is 1. The van der Waals surface area contributed by atoms with Gasteiger partial charge < -0.3 is 10.1 Å². The summed E-state index contributed by atoms with van der Waals surface area (Å²) >= 11 is 0. The van der Waals surface area contributed by atoms with Crippen LogP contribution >= 0.6 is 0 Å². The second-order valence-corrected chi connectivity index (χ2v) is 10.9. The van der Waals surface area contributed by atoms with Crippen LogP contribution < -0.4 is 5.32 Å². The second-order valence-electron chi connectivity index (χ2n) is 8.85. The van der Waals surface area contributed by atoms with Crippen molar-refractivity contribution in [2.24, 2.45) is 5.92 Å². The van der Waals surface area contributed by atoms with E-state index >= 15 is 0 Å². The van der Waals surface area contributed by atoms with Gasteiger partial charge in [-0.3, -0.25) is 4.79 Å². The number of hydrogen-bond acceptors (Lipinski definition) is 5. The molecular formula is C23H34N2O5S. The molecule has 1 aromatic rings. The van der Waals surface area contributed by atoms with E-state index in [0.717, 1.165) is 51.4 Å². The number of sulfonamides is 1. The van der Waals surface area contributed by atoms with Crippen LogP contribution in [0.25, 0.3) is 0 Å². The SMILES string of the molecule is C[C@H]1CCCC[C@@H]1NC(=O)COC(=O)c1cccc(S(=O)(=O)N(C)C2CCCCC2)c1. The first kappa shape index (κ1) is 23.7. The Morgan fingerprint density at radius 1 is 1.06 bits per heavy atom. The molecule has 0 unspecified atom stereocenters. The van der Waals surface area contributed by atoms with E-state index in [9.17, 15) is 18.0 Å². The number of rotatable bonds is 7. The summed E-state index contributed by atoms with van der Waals surface area (Å²) in [6.45, 7) is 1.74. The lowest BCUT2D eigenvalue weighted by atomic mass is 9.86. The van der Waals surface area contributed by atoms with E-state index in [-0.39, 0.29) is 35.1 Å². The van der Waals surface area contributed by atoms with Gasteiger partial charge in [-0.1, -0.05) is 45.1 Å². The Kier molecular flexibility index (Phi) is 8.11. The van der Waals surface area contributed by atoms with Crippen molar-refractivity contribution < 1.29 is 22.7 Å². The Labute approximate surface area is 185 Å². The summed E-state index contributed by atoms with van der Waals surface area (Å²) in [4.78, 5) is 24.7. The molecule has 0 aromatic heterocycles. The fourth-order valence-electron chi connectivity index (χ4n) is 4.58. The van der Waals surface area contributed by atoms with Crippen LogP contribution in [0.3, 0.4) is 0 Å². The highest BCUT2D eigenvalue weighted by Gasteiger charge is 2.29. The van der Waals surface area contributed by atoms with Crippen LogP contribution in [0, 0.1) is 5.92 Å². The van der Waals surface area contributed by atoms with Gasteiger partial charge in [0.1, 0.15) is 0 Å². The molecule has 0 radical (unpaired) electrons. The van der Waals surface area contributed by atoms with Crippen LogP contribution in [0.2, 0.25) is 0 Å². The maximum Gasteiger partial charge on any atom is 0.338 e. The van der Waals surface area contributed by atoms with Gasteiger partial charge in [-0.25, -0.2) is 13.2 Å². The van der Waals surface area contributed by atoms with Crippen molar-refractivity contribution in [2.75, 3.05) is 13.7 Å². The molecule has 1 aromatic carbocycles. The molecule has 2 atom stereocenters. The minimum absolute atomic E-state index is 0.0137. The first-order valence-corrected chi connectivity index (χ1v) is 12.8. The number of amides is 1. The molecule has 7 nitrogen and oxygen atoms in total. The molecule has 2 aliphatic rings. The number of ether oxygens (including phenoxy) is 1. The van der Waals surface area contributed by atoms with Gasteiger partial charge in [-0.2, -0.15) is 4.31 Å². The molecule has 2 aliphatic carbocycles. The first-order valence-electron chi connectivity index (χ1n) is 11.3. The fraction of sp³-hybridized carbons (Fsp3) is 0.652. The van der Waals surface area contributed by atoms with Crippen LogP contribution in [-0.4, -0.2) is 50.3 Å². The van der Waals surface area contributed by atoms with Crippen molar-refractivity contribution in [2.45, 2.75) is 81.7 Å². The molecule has 0 bridgehead atoms. The highest BCUT2D eigenvalue weighted by Crippen LogP contribution is 2.27. The van der Waals surface area contributed by atoms with Crippen molar-refractivity contribution in [1.82, 2.24) is 9.62 Å². The molecule has 0 saturated heterocycles. The zero-order valence-corrected chi connectivity index (χ0v) is 19.3. The molecular weight excluding hydrogens is 416 g/mol.